The molecule has 0 atom stereocenters. The molecule has 164 valence electrons. The van der Waals surface area contributed by atoms with Crippen molar-refractivity contribution < 1.29 is 18.7 Å². The van der Waals surface area contributed by atoms with E-state index in [1.807, 2.05) is 24.3 Å². The van der Waals surface area contributed by atoms with Gasteiger partial charge in [-0.25, -0.2) is 9.78 Å². The first-order valence-electron chi connectivity index (χ1n) is 11.0. The zero-order valence-electron chi connectivity index (χ0n) is 18.5. The minimum absolute atomic E-state index is 0.0542. The van der Waals surface area contributed by atoms with Crippen LogP contribution in [0.3, 0.4) is 0 Å². The second kappa shape index (κ2) is 12.8. The summed E-state index contributed by atoms with van der Waals surface area (Å²) in [7, 11) is 1.30. The normalized spacial score (nSPS) is 10.8. The summed E-state index contributed by atoms with van der Waals surface area (Å²) >= 11 is 0. The second-order valence-electron chi connectivity index (χ2n) is 7.56. The quantitative estimate of drug-likeness (QED) is 0.323. The molecule has 0 aliphatic heterocycles. The van der Waals surface area contributed by atoms with E-state index in [0.717, 1.165) is 25.7 Å². The molecule has 0 bridgehead atoms. The fourth-order valence-electron chi connectivity index (χ4n) is 3.30. The lowest BCUT2D eigenvalue weighted by atomic mass is 10.0. The van der Waals surface area contributed by atoms with Crippen molar-refractivity contribution in [3.63, 3.8) is 0 Å². The summed E-state index contributed by atoms with van der Waals surface area (Å²) in [5.74, 6) is -0.280. The molecule has 30 heavy (non-hydrogen) atoms. The lowest BCUT2D eigenvalue weighted by Gasteiger charge is -2.21. The number of hydrogen-bond donors (Lipinski definition) is 0. The molecule has 0 saturated heterocycles. The summed E-state index contributed by atoms with van der Waals surface area (Å²) < 4.78 is 10.0. The Morgan fingerprint density at radius 2 is 1.70 bits per heavy atom. The molecule has 0 radical (unpaired) electrons. The number of oxazole rings is 1. The van der Waals surface area contributed by atoms with Gasteiger partial charge in [0.1, 0.15) is 6.26 Å². The predicted octanol–water partition coefficient (Wildman–Crippen LogP) is 5.42. The van der Waals surface area contributed by atoms with Crippen molar-refractivity contribution in [2.24, 2.45) is 0 Å². The van der Waals surface area contributed by atoms with Crippen LogP contribution >= 0.6 is 0 Å². The number of benzene rings is 1. The van der Waals surface area contributed by atoms with Crippen LogP contribution in [0.15, 0.2) is 34.9 Å². The van der Waals surface area contributed by atoms with Crippen molar-refractivity contribution in [3.05, 3.63) is 53.2 Å². The Bertz CT molecular complexity index is 783. The molecule has 0 saturated carbocycles. The van der Waals surface area contributed by atoms with Crippen LogP contribution in [-0.4, -0.2) is 35.4 Å². The van der Waals surface area contributed by atoms with Crippen LogP contribution < -0.4 is 0 Å². The Labute approximate surface area is 179 Å². The van der Waals surface area contributed by atoms with Crippen LogP contribution in [0.1, 0.15) is 91.1 Å². The molecular formula is C24H34N2O4. The van der Waals surface area contributed by atoms with E-state index < -0.39 is 5.97 Å². The van der Waals surface area contributed by atoms with Crippen molar-refractivity contribution in [3.8, 4) is 0 Å². The summed E-state index contributed by atoms with van der Waals surface area (Å²) in [4.78, 5) is 30.6. The van der Waals surface area contributed by atoms with E-state index >= 15 is 0 Å². The maximum Gasteiger partial charge on any atom is 0.360 e. The van der Waals surface area contributed by atoms with E-state index in [1.165, 1.54) is 44.6 Å². The van der Waals surface area contributed by atoms with Crippen molar-refractivity contribution in [1.82, 2.24) is 9.88 Å². The number of hydrogen-bond acceptors (Lipinski definition) is 5. The number of amides is 1. The monoisotopic (exact) mass is 414 g/mol. The highest BCUT2D eigenvalue weighted by molar-refractivity contribution is 5.94. The Kier molecular flexibility index (Phi) is 10.1. The fraction of sp³-hybridized carbons (Fsp3) is 0.542. The van der Waals surface area contributed by atoms with Gasteiger partial charge in [0.05, 0.1) is 13.7 Å². The average molecular weight is 415 g/mol. The maximum atomic E-state index is 13.1. The van der Waals surface area contributed by atoms with Crippen molar-refractivity contribution in [1.29, 1.82) is 0 Å². The fourth-order valence-corrected chi connectivity index (χ4v) is 3.30. The van der Waals surface area contributed by atoms with E-state index in [2.05, 4.69) is 23.6 Å². The largest absolute Gasteiger partial charge is 0.464 e. The molecule has 0 unspecified atom stereocenters. The molecule has 6 heteroatoms. The summed E-state index contributed by atoms with van der Waals surface area (Å²) in [5.41, 5.74) is 2.03. The van der Waals surface area contributed by atoms with E-state index in [4.69, 9.17) is 4.42 Å². The third-order valence-electron chi connectivity index (χ3n) is 5.11. The molecule has 0 spiro atoms. The number of esters is 1. The first kappa shape index (κ1) is 23.6. The Morgan fingerprint density at radius 1 is 1.00 bits per heavy atom. The zero-order valence-corrected chi connectivity index (χ0v) is 18.5. The number of aryl methyl sites for hydroxylation is 1. The van der Waals surface area contributed by atoms with Crippen molar-refractivity contribution in [2.75, 3.05) is 13.7 Å². The van der Waals surface area contributed by atoms with Gasteiger partial charge in [0.25, 0.3) is 5.91 Å². The summed E-state index contributed by atoms with van der Waals surface area (Å²) in [6.07, 6.45) is 10.2. The Hall–Kier alpha value is -2.63. The topological polar surface area (TPSA) is 72.6 Å². The smallest absolute Gasteiger partial charge is 0.360 e. The molecule has 1 heterocycles. The minimum Gasteiger partial charge on any atom is -0.464 e. The van der Waals surface area contributed by atoms with Gasteiger partial charge in [-0.3, -0.25) is 4.79 Å². The zero-order chi connectivity index (χ0) is 21.8. The van der Waals surface area contributed by atoms with Crippen LogP contribution in [-0.2, 0) is 17.7 Å². The van der Waals surface area contributed by atoms with Crippen LogP contribution in [0, 0.1) is 0 Å². The SMILES string of the molecule is CCCCCCc1ccc(C(=O)N(CCCCC)Cc2nc(C(=O)OC)co2)cc1. The summed E-state index contributed by atoms with van der Waals surface area (Å²) in [6, 6.07) is 7.90. The van der Waals surface area contributed by atoms with E-state index in [-0.39, 0.29) is 18.1 Å². The van der Waals surface area contributed by atoms with Crippen molar-refractivity contribution >= 4 is 11.9 Å². The van der Waals surface area contributed by atoms with Crippen LogP contribution in [0.4, 0.5) is 0 Å². The number of nitrogens with zero attached hydrogens (tertiary/aromatic N) is 2. The second-order valence-corrected chi connectivity index (χ2v) is 7.56. The Balaban J connectivity index is 2.04. The number of methoxy groups -OCH3 is 1. The summed E-state index contributed by atoms with van der Waals surface area (Å²) in [5, 5.41) is 0. The molecule has 0 N–H and O–H groups in total. The molecule has 0 fully saturated rings. The first-order valence-corrected chi connectivity index (χ1v) is 11.0. The average Bonchev–Trinajstić information content (AvgIpc) is 3.24. The maximum absolute atomic E-state index is 13.1. The van der Waals surface area contributed by atoms with Gasteiger partial charge in [-0.2, -0.15) is 0 Å². The van der Waals surface area contributed by atoms with Gasteiger partial charge in [0.15, 0.2) is 5.69 Å². The molecule has 6 nitrogen and oxygen atoms in total. The highest BCUT2D eigenvalue weighted by Gasteiger charge is 2.20. The van der Waals surface area contributed by atoms with Gasteiger partial charge in [-0.1, -0.05) is 58.1 Å². The van der Waals surface area contributed by atoms with E-state index in [0.29, 0.717) is 18.0 Å². The lowest BCUT2D eigenvalue weighted by Crippen LogP contribution is -2.31. The van der Waals surface area contributed by atoms with Crippen molar-refractivity contribution in [2.45, 2.75) is 71.8 Å². The number of rotatable bonds is 13. The van der Waals surface area contributed by atoms with Gasteiger partial charge < -0.3 is 14.1 Å². The van der Waals surface area contributed by atoms with Gasteiger partial charge in [0, 0.05) is 12.1 Å². The van der Waals surface area contributed by atoms with Gasteiger partial charge in [0.2, 0.25) is 5.89 Å². The molecule has 0 aliphatic rings. The number of ether oxygens (including phenoxy) is 1. The molecular weight excluding hydrogens is 380 g/mol. The molecule has 2 rings (SSSR count). The Morgan fingerprint density at radius 3 is 2.37 bits per heavy atom. The molecule has 1 amide bonds. The van der Waals surface area contributed by atoms with Crippen LogP contribution in [0.25, 0.3) is 0 Å². The van der Waals surface area contributed by atoms with Gasteiger partial charge in [-0.15, -0.1) is 0 Å². The third kappa shape index (κ3) is 7.32. The minimum atomic E-state index is -0.552. The molecule has 0 aliphatic carbocycles. The van der Waals surface area contributed by atoms with Gasteiger partial charge in [-0.05, 0) is 37.0 Å². The number of carbonyl (C=O) groups excluding carboxylic acids is 2. The van der Waals surface area contributed by atoms with Gasteiger partial charge >= 0.3 is 5.97 Å². The van der Waals surface area contributed by atoms with E-state index in [9.17, 15) is 9.59 Å². The number of unbranched alkanes of at least 4 members (excludes halogenated alkanes) is 5. The highest BCUT2D eigenvalue weighted by Crippen LogP contribution is 2.15. The standard InChI is InChI=1S/C24H34N2O4/c1-4-6-8-9-11-19-12-14-20(15-13-19)23(27)26(16-10-7-5-2)17-22-25-21(18-30-22)24(28)29-3/h12-15,18H,4-11,16-17H2,1-3H3. The van der Waals surface area contributed by atoms with E-state index in [1.54, 1.807) is 4.90 Å². The predicted molar refractivity (Wildman–Crippen MR) is 116 cm³/mol. The third-order valence-corrected chi connectivity index (χ3v) is 5.11. The molecule has 1 aromatic carbocycles. The highest BCUT2D eigenvalue weighted by atomic mass is 16.5. The molecule has 2 aromatic rings. The molecule has 1 aromatic heterocycles. The van der Waals surface area contributed by atoms with Crippen LogP contribution in [0.5, 0.6) is 0 Å². The van der Waals surface area contributed by atoms with Crippen LogP contribution in [0.2, 0.25) is 0 Å². The lowest BCUT2D eigenvalue weighted by molar-refractivity contribution is 0.0594. The summed E-state index contributed by atoms with van der Waals surface area (Å²) in [6.45, 7) is 5.17. The number of aromatic nitrogens is 1. The first-order chi connectivity index (χ1) is 14.6. The number of carbonyl (C=O) groups is 2.